The van der Waals surface area contributed by atoms with Crippen LogP contribution in [-0.2, 0) is 14.6 Å². The summed E-state index contributed by atoms with van der Waals surface area (Å²) in [5.74, 6) is 0.435. The second-order valence-corrected chi connectivity index (χ2v) is 9.49. The highest BCUT2D eigenvalue weighted by Gasteiger charge is 2.30. The first kappa shape index (κ1) is 19.9. The van der Waals surface area contributed by atoms with E-state index in [4.69, 9.17) is 16.2 Å². The Morgan fingerprint density at radius 2 is 2.07 bits per heavy atom. The molecule has 0 aliphatic carbocycles. The normalized spacial score (nSPS) is 17.7. The number of nitrogens with one attached hydrogen (secondary N) is 1. The van der Waals surface area contributed by atoms with Gasteiger partial charge < -0.3 is 16.2 Å². The van der Waals surface area contributed by atoms with Crippen LogP contribution < -0.4 is 16.8 Å². The maximum atomic E-state index is 12.1. The molecule has 1 atom stereocenters. The van der Waals surface area contributed by atoms with Crippen LogP contribution in [0.2, 0.25) is 0 Å². The third kappa shape index (κ3) is 3.99. The van der Waals surface area contributed by atoms with Gasteiger partial charge in [0.05, 0.1) is 17.2 Å². The van der Waals surface area contributed by atoms with Crippen LogP contribution in [0.4, 0.5) is 22.1 Å². The number of pyridine rings is 2. The van der Waals surface area contributed by atoms with Crippen molar-refractivity contribution in [3.05, 3.63) is 42.1 Å². The molecule has 10 heteroatoms. The fourth-order valence-corrected chi connectivity index (χ4v) is 5.04. The predicted molar refractivity (Wildman–Crippen MR) is 116 cm³/mol. The number of aromatic nitrogens is 2. The van der Waals surface area contributed by atoms with Gasteiger partial charge >= 0.3 is 6.09 Å². The summed E-state index contributed by atoms with van der Waals surface area (Å²) in [6, 6.07) is 9.07. The summed E-state index contributed by atoms with van der Waals surface area (Å²) in [5.41, 5.74) is 15.2. The van der Waals surface area contributed by atoms with Gasteiger partial charge in [-0.25, -0.2) is 23.2 Å². The summed E-state index contributed by atoms with van der Waals surface area (Å²) in [6.07, 6.45) is 0.418. The Kier molecular flexibility index (Phi) is 4.94. The molecule has 2 aromatic heterocycles. The lowest BCUT2D eigenvalue weighted by Crippen LogP contribution is -2.23. The Balaban J connectivity index is 1.60. The lowest BCUT2D eigenvalue weighted by Gasteiger charge is -2.13. The van der Waals surface area contributed by atoms with Crippen LogP contribution in [0.15, 0.2) is 36.5 Å². The number of nitrogens with two attached hydrogens (primary N) is 2. The third-order valence-electron chi connectivity index (χ3n) is 5.09. The van der Waals surface area contributed by atoms with Gasteiger partial charge in [0.25, 0.3) is 0 Å². The van der Waals surface area contributed by atoms with Gasteiger partial charge in [0.1, 0.15) is 17.7 Å². The zero-order valence-corrected chi connectivity index (χ0v) is 17.1. The number of sulfone groups is 1. The number of carbonyl (C=O) groups excluding carboxylic acids is 1. The quantitative estimate of drug-likeness (QED) is 0.540. The van der Waals surface area contributed by atoms with Crippen LogP contribution in [0.3, 0.4) is 0 Å². The van der Waals surface area contributed by atoms with E-state index >= 15 is 0 Å². The Hall–Kier alpha value is -3.40. The SMILES string of the molecule is Cc1c(N)cccc1-c1cc2cc(NC(=O)O[C@H]3CCS(=O)(=O)C3)ncc2c(N)n1. The molecule has 3 aromatic rings. The molecule has 1 aliphatic rings. The number of rotatable bonds is 3. The molecule has 1 fully saturated rings. The monoisotopic (exact) mass is 427 g/mol. The highest BCUT2D eigenvalue weighted by atomic mass is 32.2. The smallest absolute Gasteiger partial charge is 0.413 e. The van der Waals surface area contributed by atoms with Gasteiger partial charge in [0, 0.05) is 22.8 Å². The minimum absolute atomic E-state index is 0.0254. The molecule has 1 aromatic carbocycles. The van der Waals surface area contributed by atoms with Gasteiger partial charge in [-0.1, -0.05) is 12.1 Å². The molecule has 4 rings (SSSR count). The topological polar surface area (TPSA) is 150 Å². The van der Waals surface area contributed by atoms with Gasteiger partial charge in [-0.05, 0) is 42.5 Å². The second kappa shape index (κ2) is 7.45. The second-order valence-electron chi connectivity index (χ2n) is 7.26. The van der Waals surface area contributed by atoms with E-state index in [0.29, 0.717) is 29.0 Å². The van der Waals surface area contributed by atoms with E-state index in [1.54, 1.807) is 6.07 Å². The van der Waals surface area contributed by atoms with Crippen molar-refractivity contribution in [1.82, 2.24) is 9.97 Å². The van der Waals surface area contributed by atoms with Crippen LogP contribution >= 0.6 is 0 Å². The first-order valence-corrected chi connectivity index (χ1v) is 11.1. The summed E-state index contributed by atoms with van der Waals surface area (Å²) in [4.78, 5) is 20.8. The maximum Gasteiger partial charge on any atom is 0.413 e. The van der Waals surface area contributed by atoms with Crippen molar-refractivity contribution in [2.75, 3.05) is 28.3 Å². The van der Waals surface area contributed by atoms with Crippen molar-refractivity contribution in [2.24, 2.45) is 0 Å². The highest BCUT2D eigenvalue weighted by molar-refractivity contribution is 7.91. The number of hydrogen-bond acceptors (Lipinski definition) is 8. The molecule has 0 bridgehead atoms. The van der Waals surface area contributed by atoms with E-state index < -0.39 is 22.0 Å². The molecular weight excluding hydrogens is 406 g/mol. The lowest BCUT2D eigenvalue weighted by atomic mass is 10.0. The summed E-state index contributed by atoms with van der Waals surface area (Å²) in [6.45, 7) is 1.91. The average molecular weight is 427 g/mol. The molecule has 5 N–H and O–H groups in total. The minimum atomic E-state index is -3.14. The predicted octanol–water partition coefficient (Wildman–Crippen LogP) is 2.51. The number of nitrogen functional groups attached to an aromatic ring is 2. The third-order valence-corrected chi connectivity index (χ3v) is 6.83. The zero-order valence-electron chi connectivity index (χ0n) is 16.3. The standard InChI is InChI=1S/C20H21N5O4S/c1-11-14(3-2-4-16(11)21)17-7-12-8-18(23-9-15(12)19(22)24-17)25-20(26)29-13-5-6-30(27,28)10-13/h2-4,7-9,13H,5-6,10,21H2,1H3,(H2,22,24)(H,23,25,26)/t13-/m0/s1. The lowest BCUT2D eigenvalue weighted by molar-refractivity contribution is 0.124. The van der Waals surface area contributed by atoms with Crippen molar-refractivity contribution >= 4 is 44.0 Å². The van der Waals surface area contributed by atoms with Gasteiger partial charge in [0.15, 0.2) is 9.84 Å². The van der Waals surface area contributed by atoms with E-state index in [2.05, 4.69) is 15.3 Å². The van der Waals surface area contributed by atoms with Crippen molar-refractivity contribution < 1.29 is 17.9 Å². The van der Waals surface area contributed by atoms with Crippen molar-refractivity contribution in [2.45, 2.75) is 19.4 Å². The first-order valence-electron chi connectivity index (χ1n) is 9.31. The molecular formula is C20H21N5O4S. The number of fused-ring (bicyclic) bond motifs is 1. The number of anilines is 3. The maximum absolute atomic E-state index is 12.1. The van der Waals surface area contributed by atoms with Crippen molar-refractivity contribution in [3.63, 3.8) is 0 Å². The molecule has 0 saturated carbocycles. The Morgan fingerprint density at radius 1 is 1.27 bits per heavy atom. The summed E-state index contributed by atoms with van der Waals surface area (Å²) >= 11 is 0. The van der Waals surface area contributed by atoms with Gasteiger partial charge in [-0.3, -0.25) is 5.32 Å². The first-order chi connectivity index (χ1) is 14.2. The van der Waals surface area contributed by atoms with Crippen molar-refractivity contribution in [1.29, 1.82) is 0 Å². The Bertz CT molecular complexity index is 1260. The number of nitrogens with zero attached hydrogens (tertiary/aromatic N) is 2. The van der Waals surface area contributed by atoms with E-state index in [-0.39, 0.29) is 17.3 Å². The number of ether oxygens (including phenoxy) is 1. The molecule has 1 amide bonds. The van der Waals surface area contributed by atoms with Crippen LogP contribution in [0.25, 0.3) is 22.0 Å². The molecule has 1 aliphatic heterocycles. The molecule has 156 valence electrons. The average Bonchev–Trinajstić information content (AvgIpc) is 3.01. The Labute approximate surface area is 173 Å². The van der Waals surface area contributed by atoms with E-state index in [9.17, 15) is 13.2 Å². The number of amides is 1. The van der Waals surface area contributed by atoms with E-state index in [1.165, 1.54) is 6.20 Å². The van der Waals surface area contributed by atoms with Crippen LogP contribution in [0, 0.1) is 6.92 Å². The zero-order chi connectivity index (χ0) is 21.5. The molecule has 1 saturated heterocycles. The van der Waals surface area contributed by atoms with Crippen LogP contribution in [-0.4, -0.2) is 42.1 Å². The largest absolute Gasteiger partial charge is 0.445 e. The fourth-order valence-electron chi connectivity index (χ4n) is 3.45. The fraction of sp³-hybridized carbons (Fsp3) is 0.250. The van der Waals surface area contributed by atoms with Crippen molar-refractivity contribution in [3.8, 4) is 11.3 Å². The summed E-state index contributed by atoms with van der Waals surface area (Å²) in [5, 5.41) is 3.91. The minimum Gasteiger partial charge on any atom is -0.445 e. The number of carbonyl (C=O) groups is 1. The number of hydrogen-bond donors (Lipinski definition) is 3. The van der Waals surface area contributed by atoms with Gasteiger partial charge in [-0.2, -0.15) is 0 Å². The molecule has 9 nitrogen and oxygen atoms in total. The molecule has 0 spiro atoms. The molecule has 0 radical (unpaired) electrons. The Morgan fingerprint density at radius 3 is 2.80 bits per heavy atom. The van der Waals surface area contributed by atoms with E-state index in [0.717, 1.165) is 16.5 Å². The van der Waals surface area contributed by atoms with Gasteiger partial charge in [0.2, 0.25) is 0 Å². The number of benzene rings is 1. The molecule has 0 unspecified atom stereocenters. The van der Waals surface area contributed by atoms with E-state index in [1.807, 2.05) is 31.2 Å². The van der Waals surface area contributed by atoms with Crippen LogP contribution in [0.1, 0.15) is 12.0 Å². The highest BCUT2D eigenvalue weighted by Crippen LogP contribution is 2.30. The summed E-state index contributed by atoms with van der Waals surface area (Å²) < 4.78 is 28.2. The molecule has 3 heterocycles. The van der Waals surface area contributed by atoms with Gasteiger partial charge in [-0.15, -0.1) is 0 Å². The summed E-state index contributed by atoms with van der Waals surface area (Å²) in [7, 11) is -3.14. The molecule has 30 heavy (non-hydrogen) atoms. The van der Waals surface area contributed by atoms with Crippen LogP contribution in [0.5, 0.6) is 0 Å².